The van der Waals surface area contributed by atoms with E-state index in [0.717, 1.165) is 16.5 Å². The Morgan fingerprint density at radius 2 is 1.97 bits per heavy atom. The van der Waals surface area contributed by atoms with Gasteiger partial charge in [0.1, 0.15) is 6.61 Å². The highest BCUT2D eigenvalue weighted by Crippen LogP contribution is 2.38. The van der Waals surface area contributed by atoms with E-state index in [4.69, 9.17) is 9.47 Å². The van der Waals surface area contributed by atoms with Crippen molar-refractivity contribution in [3.8, 4) is 17.1 Å². The fourth-order valence-corrected chi connectivity index (χ4v) is 3.98. The summed E-state index contributed by atoms with van der Waals surface area (Å²) in [5.41, 5.74) is 3.35. The first-order valence-electron chi connectivity index (χ1n) is 9.69. The number of esters is 1. The normalized spacial score (nSPS) is 16.2. The Kier molecular flexibility index (Phi) is 4.82. The molecule has 2 aliphatic heterocycles. The molecule has 30 heavy (non-hydrogen) atoms. The molecule has 0 spiro atoms. The number of ether oxygens (including phenoxy) is 2. The highest BCUT2D eigenvalue weighted by molar-refractivity contribution is 5.89. The minimum absolute atomic E-state index is 0.124. The van der Waals surface area contributed by atoms with Gasteiger partial charge in [0.2, 0.25) is 0 Å². The zero-order chi connectivity index (χ0) is 21.7. The lowest BCUT2D eigenvalue weighted by molar-refractivity contribution is -0.157. The zero-order valence-electron chi connectivity index (χ0n) is 17.1. The van der Waals surface area contributed by atoms with Gasteiger partial charge in [-0.1, -0.05) is 13.8 Å². The van der Waals surface area contributed by atoms with E-state index in [1.54, 1.807) is 16.7 Å². The van der Waals surface area contributed by atoms with Crippen molar-refractivity contribution >= 4 is 16.9 Å². The standard InChI is InChI=1S/C20H15FN2O5.C2H6/c1-8-9-4-16(27-2)13(21)5-14(9)22-17-11(8)6-23-15(17)3-10-12(19(23)25)7-28-20(26)18(10)24;1-2/h3-5,18,24H,6-7H2,1-2H3;1-2H3. The van der Waals surface area contributed by atoms with Crippen LogP contribution in [-0.2, 0) is 22.7 Å². The molecule has 2 aliphatic rings. The molecule has 0 fully saturated rings. The molecule has 1 unspecified atom stereocenters. The number of aromatic nitrogens is 2. The van der Waals surface area contributed by atoms with Crippen LogP contribution in [-0.4, -0.2) is 27.7 Å². The van der Waals surface area contributed by atoms with Crippen LogP contribution in [0, 0.1) is 12.7 Å². The molecule has 1 aromatic carbocycles. The van der Waals surface area contributed by atoms with E-state index < -0.39 is 17.9 Å². The maximum atomic E-state index is 14.2. The number of aliphatic hydroxyl groups is 1. The van der Waals surface area contributed by atoms with Gasteiger partial charge >= 0.3 is 5.97 Å². The molecule has 0 saturated carbocycles. The summed E-state index contributed by atoms with van der Waals surface area (Å²) in [6.07, 6.45) is -1.50. The predicted octanol–water partition coefficient (Wildman–Crippen LogP) is 3.00. The second-order valence-corrected chi connectivity index (χ2v) is 6.93. The molecule has 5 rings (SSSR count). The number of rotatable bonds is 1. The topological polar surface area (TPSA) is 90.6 Å². The first-order chi connectivity index (χ1) is 14.4. The van der Waals surface area contributed by atoms with Crippen molar-refractivity contribution in [1.82, 2.24) is 9.55 Å². The van der Waals surface area contributed by atoms with Gasteiger partial charge in [0.25, 0.3) is 5.56 Å². The number of halogens is 1. The smallest absolute Gasteiger partial charge is 0.340 e. The van der Waals surface area contributed by atoms with Crippen molar-refractivity contribution in [3.63, 3.8) is 0 Å². The summed E-state index contributed by atoms with van der Waals surface area (Å²) in [7, 11) is 1.40. The van der Waals surface area contributed by atoms with Gasteiger partial charge in [-0.3, -0.25) is 4.79 Å². The summed E-state index contributed by atoms with van der Waals surface area (Å²) < 4.78 is 25.7. The zero-order valence-corrected chi connectivity index (χ0v) is 17.1. The molecule has 3 aromatic rings. The van der Waals surface area contributed by atoms with E-state index in [2.05, 4.69) is 4.98 Å². The minimum atomic E-state index is -1.50. The summed E-state index contributed by atoms with van der Waals surface area (Å²) in [6, 6.07) is 4.50. The van der Waals surface area contributed by atoms with Crippen LogP contribution in [0.1, 0.15) is 42.2 Å². The lowest BCUT2D eigenvalue weighted by Gasteiger charge is -2.21. The lowest BCUT2D eigenvalue weighted by Crippen LogP contribution is -2.32. The van der Waals surface area contributed by atoms with E-state index in [0.29, 0.717) is 23.4 Å². The number of carbonyl (C=O) groups excluding carboxylic acids is 1. The van der Waals surface area contributed by atoms with Crippen molar-refractivity contribution < 1.29 is 23.8 Å². The fourth-order valence-electron chi connectivity index (χ4n) is 3.98. The van der Waals surface area contributed by atoms with Gasteiger partial charge in [-0.2, -0.15) is 0 Å². The predicted molar refractivity (Wildman–Crippen MR) is 108 cm³/mol. The molecule has 1 atom stereocenters. The van der Waals surface area contributed by atoms with Crippen molar-refractivity contribution in [3.05, 3.63) is 56.6 Å². The summed E-state index contributed by atoms with van der Waals surface area (Å²) in [5.74, 6) is -1.19. The molecule has 156 valence electrons. The van der Waals surface area contributed by atoms with E-state index in [1.807, 2.05) is 20.8 Å². The second kappa shape index (κ2) is 7.21. The van der Waals surface area contributed by atoms with Gasteiger partial charge < -0.3 is 19.1 Å². The van der Waals surface area contributed by atoms with Gasteiger partial charge in [0.05, 0.1) is 36.1 Å². The molecule has 7 nitrogen and oxygen atoms in total. The molecule has 8 heteroatoms. The molecule has 0 bridgehead atoms. The van der Waals surface area contributed by atoms with E-state index >= 15 is 0 Å². The highest BCUT2D eigenvalue weighted by atomic mass is 19.1. The second-order valence-electron chi connectivity index (χ2n) is 6.93. The van der Waals surface area contributed by atoms with Crippen LogP contribution >= 0.6 is 0 Å². The molecule has 0 amide bonds. The van der Waals surface area contributed by atoms with Gasteiger partial charge in [0, 0.05) is 22.6 Å². The van der Waals surface area contributed by atoms with E-state index in [-0.39, 0.29) is 29.0 Å². The first-order valence-corrected chi connectivity index (χ1v) is 9.69. The third kappa shape index (κ3) is 2.71. The number of methoxy groups -OCH3 is 1. The number of cyclic esters (lactones) is 1. The summed E-state index contributed by atoms with van der Waals surface area (Å²) in [4.78, 5) is 29.2. The molecular weight excluding hydrogens is 391 g/mol. The molecular formula is C22H21FN2O5. The molecule has 0 radical (unpaired) electrons. The molecule has 2 aromatic heterocycles. The summed E-state index contributed by atoms with van der Waals surface area (Å²) >= 11 is 0. The largest absolute Gasteiger partial charge is 0.494 e. The maximum absolute atomic E-state index is 14.2. The van der Waals surface area contributed by atoms with Gasteiger partial charge in [0.15, 0.2) is 17.7 Å². The van der Waals surface area contributed by atoms with Crippen LogP contribution in [0.3, 0.4) is 0 Å². The Balaban J connectivity index is 0.00000106. The number of benzene rings is 1. The van der Waals surface area contributed by atoms with Crippen LogP contribution in [0.2, 0.25) is 0 Å². The number of hydrogen-bond acceptors (Lipinski definition) is 6. The van der Waals surface area contributed by atoms with E-state index in [1.165, 1.54) is 13.2 Å². The quantitative estimate of drug-likeness (QED) is 0.484. The molecule has 0 saturated heterocycles. The number of carbonyl (C=O) groups is 1. The third-order valence-electron chi connectivity index (χ3n) is 5.52. The fraction of sp³-hybridized carbons (Fsp3) is 0.318. The lowest BCUT2D eigenvalue weighted by atomic mass is 9.99. The van der Waals surface area contributed by atoms with Gasteiger partial charge in [-0.05, 0) is 24.6 Å². The summed E-state index contributed by atoms with van der Waals surface area (Å²) in [6.45, 7) is 6.02. The van der Waals surface area contributed by atoms with Crippen LogP contribution in [0.25, 0.3) is 22.3 Å². The molecule has 0 aliphatic carbocycles. The van der Waals surface area contributed by atoms with Crippen molar-refractivity contribution in [2.45, 2.75) is 40.0 Å². The Morgan fingerprint density at radius 3 is 2.67 bits per heavy atom. The number of hydrogen-bond donors (Lipinski definition) is 1. The van der Waals surface area contributed by atoms with Crippen molar-refractivity contribution in [2.75, 3.05) is 7.11 Å². The Bertz CT molecular complexity index is 1270. The number of nitrogens with zero attached hydrogens (tertiary/aromatic N) is 2. The Morgan fingerprint density at radius 1 is 1.23 bits per heavy atom. The van der Waals surface area contributed by atoms with Crippen LogP contribution in [0.5, 0.6) is 5.75 Å². The Hall–Kier alpha value is -3.26. The molecule has 4 heterocycles. The monoisotopic (exact) mass is 412 g/mol. The van der Waals surface area contributed by atoms with Crippen molar-refractivity contribution in [2.24, 2.45) is 0 Å². The van der Waals surface area contributed by atoms with E-state index in [9.17, 15) is 19.1 Å². The average molecular weight is 412 g/mol. The number of pyridine rings is 2. The maximum Gasteiger partial charge on any atom is 0.340 e. The van der Waals surface area contributed by atoms with Crippen molar-refractivity contribution in [1.29, 1.82) is 0 Å². The SMILES string of the molecule is CC.COc1cc2c(C)c3c(nc2cc1F)-c1cc2c(c(=O)n1C3)COC(=O)C2O. The van der Waals surface area contributed by atoms with Crippen LogP contribution in [0.15, 0.2) is 23.0 Å². The number of aryl methyl sites for hydroxylation is 1. The molecule has 1 N–H and O–H groups in total. The minimum Gasteiger partial charge on any atom is -0.494 e. The Labute approximate surface area is 171 Å². The number of fused-ring (bicyclic) bond motifs is 5. The average Bonchev–Trinajstić information content (AvgIpc) is 3.12. The highest BCUT2D eigenvalue weighted by Gasteiger charge is 2.34. The number of aliphatic hydroxyl groups excluding tert-OH is 1. The first kappa shape index (κ1) is 20.0. The summed E-state index contributed by atoms with van der Waals surface area (Å²) in [5, 5.41) is 10.9. The van der Waals surface area contributed by atoms with Crippen LogP contribution in [0.4, 0.5) is 4.39 Å². The van der Waals surface area contributed by atoms with Gasteiger partial charge in [-0.25, -0.2) is 14.2 Å². The van der Waals surface area contributed by atoms with Crippen LogP contribution < -0.4 is 10.3 Å². The third-order valence-corrected chi connectivity index (χ3v) is 5.52. The van der Waals surface area contributed by atoms with Gasteiger partial charge in [-0.15, -0.1) is 0 Å².